The summed E-state index contributed by atoms with van der Waals surface area (Å²) >= 11 is 2.16. The molecule has 0 aliphatic carbocycles. The zero-order chi connectivity index (χ0) is 18.0. The summed E-state index contributed by atoms with van der Waals surface area (Å²) in [6.07, 6.45) is -4.57. The number of aromatic amines is 1. The van der Waals surface area contributed by atoms with Gasteiger partial charge in [-0.3, -0.25) is 0 Å². The molecule has 0 unspecified atom stereocenters. The van der Waals surface area contributed by atoms with Crippen LogP contribution in [-0.2, 0) is 21.2 Å². The predicted octanol–water partition coefficient (Wildman–Crippen LogP) is -2.52. The molecule has 4 atom stereocenters. The van der Waals surface area contributed by atoms with E-state index in [4.69, 9.17) is 34.4 Å². The molecule has 0 bridgehead atoms. The zero-order valence-corrected chi connectivity index (χ0v) is 17.1. The molecule has 3 heterocycles. The van der Waals surface area contributed by atoms with Crippen LogP contribution in [0.2, 0.25) is 0 Å². The Morgan fingerprint density at radius 2 is 2.00 bits per heavy atom. The fraction of sp³-hybridized carbons (Fsp3) is 0.500. The Hall–Kier alpha value is -0.222. The molecule has 1 aliphatic rings. The summed E-state index contributed by atoms with van der Waals surface area (Å²) in [7, 11) is 9.75. The Balaban J connectivity index is 0.000000647. The van der Waals surface area contributed by atoms with Gasteiger partial charge in [-0.1, -0.05) is 0 Å². The molecule has 6 N–H and O–H groups in total. The fourth-order valence-corrected chi connectivity index (χ4v) is 2.89. The topological polar surface area (TPSA) is 160 Å². The van der Waals surface area contributed by atoms with Crippen molar-refractivity contribution in [3.8, 4) is 0 Å². The van der Waals surface area contributed by atoms with Gasteiger partial charge in [0.2, 0.25) is 0 Å². The molecular formula is C10H12Cl2N5O5PtSe. The van der Waals surface area contributed by atoms with Crippen LogP contribution < -0.4 is 16.0 Å². The number of rotatable bonds is 2. The first-order chi connectivity index (χ1) is 11.3. The number of imidazole rings is 1. The third kappa shape index (κ3) is 3.79. The molecule has 2 aromatic heterocycles. The van der Waals surface area contributed by atoms with Gasteiger partial charge in [-0.2, -0.15) is 0 Å². The monoisotopic (exact) mass is 627 g/mol. The molecule has 2 aromatic rings. The van der Waals surface area contributed by atoms with Crippen LogP contribution in [0.4, 0.5) is 5.95 Å². The number of nitrogens with two attached hydrogens (primary N) is 1. The first-order valence-corrected chi connectivity index (χ1v) is 12.7. The number of H-pyrrole nitrogens is 1. The quantitative estimate of drug-likeness (QED) is 0.229. The van der Waals surface area contributed by atoms with E-state index < -0.39 is 53.2 Å². The van der Waals surface area contributed by atoms with Crippen LogP contribution in [0.25, 0.3) is 11.2 Å². The molecule has 1 fully saturated rings. The fourth-order valence-electron chi connectivity index (χ4n) is 2.30. The molecule has 137 valence electrons. The second-order valence-electron chi connectivity index (χ2n) is 4.66. The summed E-state index contributed by atoms with van der Waals surface area (Å²) in [5.74, 6) is -0.111. The molecule has 0 saturated carbocycles. The molecule has 1 radical (unpaired) electrons. The molecule has 0 aromatic carbocycles. The van der Waals surface area contributed by atoms with Gasteiger partial charge in [-0.05, 0) is 0 Å². The third-order valence-corrected chi connectivity index (χ3v) is 3.91. The molecule has 24 heavy (non-hydrogen) atoms. The number of nitrogens with one attached hydrogen (secondary N) is 1. The Morgan fingerprint density at radius 3 is 2.54 bits per heavy atom. The van der Waals surface area contributed by atoms with E-state index in [1.807, 2.05) is 0 Å². The van der Waals surface area contributed by atoms with E-state index in [1.165, 1.54) is 4.57 Å². The van der Waals surface area contributed by atoms with Crippen LogP contribution in [0.3, 0.4) is 0 Å². The van der Waals surface area contributed by atoms with Crippen LogP contribution in [0.5, 0.6) is 0 Å². The van der Waals surface area contributed by atoms with Gasteiger partial charge in [-0.25, -0.2) is 0 Å². The van der Waals surface area contributed by atoms with E-state index in [0.29, 0.717) is 0 Å². The molecule has 0 amide bonds. The molecule has 1 aliphatic heterocycles. The van der Waals surface area contributed by atoms with Gasteiger partial charge in [0.25, 0.3) is 0 Å². The van der Waals surface area contributed by atoms with Gasteiger partial charge >= 0.3 is 160 Å². The Bertz CT molecular complexity index is 776. The molecule has 0 spiro atoms. The van der Waals surface area contributed by atoms with Crippen molar-refractivity contribution in [1.82, 2.24) is 19.5 Å². The average Bonchev–Trinajstić information content (AvgIpc) is 2.98. The van der Waals surface area contributed by atoms with Gasteiger partial charge in [0.1, 0.15) is 0 Å². The van der Waals surface area contributed by atoms with Crippen LogP contribution in [0.1, 0.15) is 6.23 Å². The number of hydrogen-bond donors (Lipinski definition) is 5. The van der Waals surface area contributed by atoms with Crippen molar-refractivity contribution < 1.29 is 36.5 Å². The second-order valence-corrected chi connectivity index (χ2v) is 8.71. The minimum absolute atomic E-state index is 0.0238. The van der Waals surface area contributed by atoms with Crippen LogP contribution in [-0.4, -0.2) is 75.8 Å². The molecular weight excluding hydrogens is 615 g/mol. The number of ether oxygens (including phenoxy) is 1. The number of hydrogen-bond acceptors (Lipinski definition) is 8. The number of aromatic nitrogens is 4. The van der Waals surface area contributed by atoms with E-state index in [2.05, 4.69) is 31.0 Å². The first-order valence-electron chi connectivity index (χ1n) is 6.25. The van der Waals surface area contributed by atoms with Gasteiger partial charge in [-0.15, -0.1) is 0 Å². The SMILES string of the molecule is Nc1nc2c(nc([Se])n2[C@@H]2O[C@H](CO)[C@@H](O)[C@H]2O)c(=O)[nH]1.[Cl][Pt][Cl]. The summed E-state index contributed by atoms with van der Waals surface area (Å²) in [6, 6.07) is 0. The maximum atomic E-state index is 11.8. The average molecular weight is 627 g/mol. The van der Waals surface area contributed by atoms with E-state index in [0.717, 1.165) is 0 Å². The minimum atomic E-state index is -1.31. The van der Waals surface area contributed by atoms with Crippen molar-refractivity contribution in [2.75, 3.05) is 12.3 Å². The van der Waals surface area contributed by atoms with Crippen LogP contribution in [0, 0.1) is 0 Å². The van der Waals surface area contributed by atoms with E-state index >= 15 is 0 Å². The van der Waals surface area contributed by atoms with E-state index in [-0.39, 0.29) is 21.8 Å². The molecule has 3 rings (SSSR count). The maximum absolute atomic E-state index is 11.8. The summed E-state index contributed by atoms with van der Waals surface area (Å²) in [5.41, 5.74) is 5.11. The van der Waals surface area contributed by atoms with Crippen molar-refractivity contribution in [2.24, 2.45) is 0 Å². The number of anilines is 1. The van der Waals surface area contributed by atoms with Crippen molar-refractivity contribution in [3.63, 3.8) is 0 Å². The number of nitrogen functional groups attached to an aromatic ring is 1. The standard InChI is InChI=1S/C10H12N5O5Se.2ClH.Pt/c11-9-13-6-3(7(19)14-9)12-10(21)15(6)8-5(18)4(17)2(1-16)20-8;;;/h2,4-5,8,16-18H,1H2,(H3,11,13,14,19);2*1H;/q;;;+2/p-2/t2-,4-,5-,8-;;;/m1.../s1. The Labute approximate surface area is 159 Å². The number of aliphatic hydroxyl groups is 3. The van der Waals surface area contributed by atoms with Gasteiger partial charge in [0.05, 0.1) is 0 Å². The van der Waals surface area contributed by atoms with Crippen molar-refractivity contribution in [3.05, 3.63) is 10.4 Å². The summed E-state index contributed by atoms with van der Waals surface area (Å²) < 4.78 is 6.97. The normalized spacial score (nSPS) is 26.5. The van der Waals surface area contributed by atoms with E-state index in [1.54, 1.807) is 0 Å². The Kier molecular flexibility index (Phi) is 7.07. The van der Waals surface area contributed by atoms with Gasteiger partial charge in [0, 0.05) is 0 Å². The van der Waals surface area contributed by atoms with Crippen molar-refractivity contribution >= 4 is 56.7 Å². The first kappa shape index (κ1) is 20.1. The van der Waals surface area contributed by atoms with Crippen LogP contribution in [0.15, 0.2) is 4.79 Å². The van der Waals surface area contributed by atoms with Crippen molar-refractivity contribution in [2.45, 2.75) is 24.5 Å². The molecule has 10 nitrogen and oxygen atoms in total. The van der Waals surface area contributed by atoms with Gasteiger partial charge < -0.3 is 0 Å². The number of aliphatic hydroxyl groups excluding tert-OH is 3. The van der Waals surface area contributed by atoms with Crippen molar-refractivity contribution in [1.29, 1.82) is 0 Å². The number of halogens is 2. The third-order valence-electron chi connectivity index (χ3n) is 3.31. The van der Waals surface area contributed by atoms with Crippen LogP contribution >= 0.6 is 18.8 Å². The summed E-state index contributed by atoms with van der Waals surface area (Å²) in [4.78, 5) is 22.1. The molecule has 1 saturated heterocycles. The summed E-state index contributed by atoms with van der Waals surface area (Å²) in [5, 5.41) is 29.0. The summed E-state index contributed by atoms with van der Waals surface area (Å²) in [6.45, 7) is -0.458. The predicted molar refractivity (Wildman–Crippen MR) is 82.7 cm³/mol. The number of nitrogens with zero attached hydrogens (tertiary/aromatic N) is 3. The Morgan fingerprint density at radius 1 is 1.38 bits per heavy atom. The zero-order valence-electron chi connectivity index (χ0n) is 11.6. The number of fused-ring (bicyclic) bond motifs is 1. The second kappa shape index (κ2) is 8.44. The van der Waals surface area contributed by atoms with Gasteiger partial charge in [0.15, 0.2) is 0 Å². The molecule has 14 heteroatoms. The van der Waals surface area contributed by atoms with E-state index in [9.17, 15) is 15.0 Å².